The van der Waals surface area contributed by atoms with E-state index in [2.05, 4.69) is 0 Å². The second-order valence-corrected chi connectivity index (χ2v) is 6.24. The van der Waals surface area contributed by atoms with Gasteiger partial charge in [-0.25, -0.2) is 9.21 Å². The van der Waals surface area contributed by atoms with Crippen LogP contribution in [0.25, 0.3) is 0 Å². The lowest BCUT2D eigenvalue weighted by Gasteiger charge is -2.17. The average Bonchev–Trinajstić information content (AvgIpc) is 2.91. The molecule has 0 saturated heterocycles. The Labute approximate surface area is 138 Å². The van der Waals surface area contributed by atoms with Gasteiger partial charge in [0.2, 0.25) is 0 Å². The zero-order valence-corrected chi connectivity index (χ0v) is 14.1. The van der Waals surface area contributed by atoms with Crippen molar-refractivity contribution in [2.75, 3.05) is 4.42 Å². The summed E-state index contributed by atoms with van der Waals surface area (Å²) >= 11 is 7.50. The van der Waals surface area contributed by atoms with E-state index in [1.165, 1.54) is 11.3 Å². The molecule has 0 bridgehead atoms. The molecule has 116 valence electrons. The summed E-state index contributed by atoms with van der Waals surface area (Å²) in [5.74, 6) is -0.870. The minimum atomic E-state index is -0.507. The van der Waals surface area contributed by atoms with Crippen LogP contribution in [0.3, 0.4) is 0 Å². The topological polar surface area (TPSA) is 46.6 Å². The van der Waals surface area contributed by atoms with Gasteiger partial charge in [-0.3, -0.25) is 4.79 Å². The van der Waals surface area contributed by atoms with Gasteiger partial charge >= 0.3 is 5.97 Å². The van der Waals surface area contributed by atoms with Gasteiger partial charge in [-0.05, 0) is 49.9 Å². The van der Waals surface area contributed by atoms with Crippen LogP contribution < -0.4 is 4.42 Å². The van der Waals surface area contributed by atoms with Crippen molar-refractivity contribution in [2.24, 2.45) is 0 Å². The molecule has 1 amide bonds. The van der Waals surface area contributed by atoms with Crippen LogP contribution in [0.5, 0.6) is 0 Å². The van der Waals surface area contributed by atoms with Crippen LogP contribution in [0.1, 0.15) is 39.4 Å². The van der Waals surface area contributed by atoms with E-state index in [1.54, 1.807) is 38.1 Å². The maximum Gasteiger partial charge on any atom is 0.340 e. The van der Waals surface area contributed by atoms with E-state index in [0.29, 0.717) is 10.6 Å². The van der Waals surface area contributed by atoms with Crippen molar-refractivity contribution in [3.05, 3.63) is 51.7 Å². The first-order valence-corrected chi connectivity index (χ1v) is 7.98. The van der Waals surface area contributed by atoms with Gasteiger partial charge in [-0.1, -0.05) is 12.1 Å². The molecule has 1 aromatic heterocycles. The number of hydrogen-bond donors (Lipinski definition) is 0. The molecule has 6 heteroatoms. The van der Waals surface area contributed by atoms with Crippen molar-refractivity contribution >= 4 is 40.7 Å². The summed E-state index contributed by atoms with van der Waals surface area (Å²) < 4.78 is 6.16. The highest BCUT2D eigenvalue weighted by Gasteiger charge is 2.24. The van der Waals surface area contributed by atoms with Gasteiger partial charge in [0.05, 0.1) is 22.2 Å². The van der Waals surface area contributed by atoms with Crippen molar-refractivity contribution in [3.8, 4) is 0 Å². The third kappa shape index (κ3) is 3.48. The van der Waals surface area contributed by atoms with Crippen LogP contribution in [-0.2, 0) is 4.74 Å². The van der Waals surface area contributed by atoms with Crippen molar-refractivity contribution in [2.45, 2.75) is 26.9 Å². The number of ether oxygens (including phenoxy) is 1. The number of para-hydroxylation sites is 1. The molecule has 0 N–H and O–H groups in total. The molecule has 0 aliphatic carbocycles. The molecule has 0 fully saturated rings. The Morgan fingerprint density at radius 2 is 1.91 bits per heavy atom. The second kappa shape index (κ2) is 6.94. The van der Waals surface area contributed by atoms with Gasteiger partial charge < -0.3 is 4.74 Å². The molecule has 0 aliphatic rings. The highest BCUT2D eigenvalue weighted by Crippen LogP contribution is 2.27. The molecular formula is C16H16ClNO3S. The van der Waals surface area contributed by atoms with Gasteiger partial charge in [0.1, 0.15) is 0 Å². The molecule has 0 atom stereocenters. The number of nitrogens with zero attached hydrogens (tertiary/aromatic N) is 1. The summed E-state index contributed by atoms with van der Waals surface area (Å²) in [4.78, 5) is 25.2. The monoisotopic (exact) mass is 337 g/mol. The van der Waals surface area contributed by atoms with Gasteiger partial charge in [-0.2, -0.15) is 0 Å². The van der Waals surface area contributed by atoms with Crippen LogP contribution >= 0.6 is 23.1 Å². The van der Waals surface area contributed by atoms with E-state index in [9.17, 15) is 9.59 Å². The second-order valence-electron chi connectivity index (χ2n) is 4.99. The average molecular weight is 338 g/mol. The lowest BCUT2D eigenvalue weighted by Crippen LogP contribution is -2.23. The summed E-state index contributed by atoms with van der Waals surface area (Å²) in [5.41, 5.74) is 1.42. The number of anilines is 1. The highest BCUT2D eigenvalue weighted by molar-refractivity contribution is 7.12. The summed E-state index contributed by atoms with van der Waals surface area (Å²) in [6.07, 6.45) is -0.250. The first kappa shape index (κ1) is 16.5. The van der Waals surface area contributed by atoms with E-state index in [4.69, 9.17) is 16.5 Å². The van der Waals surface area contributed by atoms with Gasteiger partial charge in [0.25, 0.3) is 5.91 Å². The van der Waals surface area contributed by atoms with Gasteiger partial charge in [0.15, 0.2) is 0 Å². The third-order valence-electron chi connectivity index (χ3n) is 2.91. The maximum absolute atomic E-state index is 12.5. The number of carbonyl (C=O) groups is 2. The van der Waals surface area contributed by atoms with Gasteiger partial charge in [0, 0.05) is 11.8 Å². The molecule has 2 aromatic rings. The summed E-state index contributed by atoms with van der Waals surface area (Å²) in [6.45, 7) is 5.37. The number of hydrogen-bond acceptors (Lipinski definition) is 4. The fraction of sp³-hybridized carbons (Fsp3) is 0.250. The molecule has 2 rings (SSSR count). The van der Waals surface area contributed by atoms with E-state index >= 15 is 0 Å². The minimum Gasteiger partial charge on any atom is -0.459 e. The SMILES string of the molecule is Cc1ccsc1C(=O)N(Cl)c1ccccc1C(=O)OC(C)C. The van der Waals surface area contributed by atoms with E-state index in [1.807, 2.05) is 18.4 Å². The van der Waals surface area contributed by atoms with Crippen LogP contribution in [0.4, 0.5) is 5.69 Å². The zero-order chi connectivity index (χ0) is 16.3. The molecule has 4 nitrogen and oxygen atoms in total. The Morgan fingerprint density at radius 3 is 2.50 bits per heavy atom. The van der Waals surface area contributed by atoms with Crippen LogP contribution in [0.15, 0.2) is 35.7 Å². The van der Waals surface area contributed by atoms with E-state index in [-0.39, 0.29) is 17.6 Å². The van der Waals surface area contributed by atoms with Crippen molar-refractivity contribution in [1.29, 1.82) is 0 Å². The van der Waals surface area contributed by atoms with Gasteiger partial charge in [-0.15, -0.1) is 11.3 Å². The van der Waals surface area contributed by atoms with Crippen LogP contribution in [0.2, 0.25) is 0 Å². The number of benzene rings is 1. The predicted octanol–water partition coefficient (Wildman–Crippen LogP) is 4.42. The zero-order valence-electron chi connectivity index (χ0n) is 12.5. The van der Waals surface area contributed by atoms with Crippen LogP contribution in [-0.4, -0.2) is 18.0 Å². The third-order valence-corrected chi connectivity index (χ3v) is 4.25. The van der Waals surface area contributed by atoms with E-state index in [0.717, 1.165) is 9.98 Å². The standard InChI is InChI=1S/C16H16ClNO3S/c1-10(2)21-16(20)12-6-4-5-7-13(12)18(17)15(19)14-11(3)8-9-22-14/h4-10H,1-3H3. The number of carbonyl (C=O) groups excluding carboxylic acids is 2. The molecule has 0 aliphatic heterocycles. The Balaban J connectivity index is 2.34. The molecule has 0 unspecified atom stereocenters. The molecule has 0 radical (unpaired) electrons. The first-order valence-electron chi connectivity index (χ1n) is 6.76. The fourth-order valence-electron chi connectivity index (χ4n) is 1.89. The quantitative estimate of drug-likeness (QED) is 0.612. The number of rotatable bonds is 4. The normalized spacial score (nSPS) is 10.6. The number of esters is 1. The van der Waals surface area contributed by atoms with E-state index < -0.39 is 5.97 Å². The summed E-state index contributed by atoms with van der Waals surface area (Å²) in [5, 5.41) is 1.83. The fourth-order valence-corrected chi connectivity index (χ4v) is 3.02. The minimum absolute atomic E-state index is 0.250. The van der Waals surface area contributed by atoms with Crippen molar-refractivity contribution < 1.29 is 14.3 Å². The summed E-state index contributed by atoms with van der Waals surface area (Å²) in [6, 6.07) is 8.47. The molecule has 0 spiro atoms. The molecule has 0 saturated carbocycles. The first-order chi connectivity index (χ1) is 10.4. The number of aryl methyl sites for hydroxylation is 1. The highest BCUT2D eigenvalue weighted by atomic mass is 35.5. The number of halogens is 1. The Kier molecular flexibility index (Phi) is 5.21. The maximum atomic E-state index is 12.5. The van der Waals surface area contributed by atoms with Crippen molar-refractivity contribution in [1.82, 2.24) is 0 Å². The molecular weight excluding hydrogens is 322 g/mol. The largest absolute Gasteiger partial charge is 0.459 e. The smallest absolute Gasteiger partial charge is 0.340 e. The predicted molar refractivity (Wildman–Crippen MR) is 88.7 cm³/mol. The van der Waals surface area contributed by atoms with Crippen LogP contribution in [0, 0.1) is 6.92 Å². The molecule has 1 aromatic carbocycles. The summed E-state index contributed by atoms with van der Waals surface area (Å²) in [7, 11) is 0. The number of thiophene rings is 1. The lowest BCUT2D eigenvalue weighted by atomic mass is 10.1. The Bertz CT molecular complexity index is 696. The molecule has 1 heterocycles. The Morgan fingerprint density at radius 1 is 1.23 bits per heavy atom. The van der Waals surface area contributed by atoms with Crippen molar-refractivity contribution in [3.63, 3.8) is 0 Å². The Hall–Kier alpha value is -1.85. The number of amides is 1. The lowest BCUT2D eigenvalue weighted by molar-refractivity contribution is 0.0379. The molecule has 22 heavy (non-hydrogen) atoms.